The van der Waals surface area contributed by atoms with Crippen LogP contribution in [0.4, 0.5) is 0 Å². The molecule has 76 valence electrons. The summed E-state index contributed by atoms with van der Waals surface area (Å²) in [6.45, 7) is 1.83. The fourth-order valence-corrected chi connectivity index (χ4v) is 1.31. The van der Waals surface area contributed by atoms with Crippen LogP contribution in [0.1, 0.15) is 17.4 Å². The minimum absolute atomic E-state index is 0.224. The summed E-state index contributed by atoms with van der Waals surface area (Å²) < 4.78 is 0.642. The fourth-order valence-electron chi connectivity index (χ4n) is 0.877. The van der Waals surface area contributed by atoms with Crippen molar-refractivity contribution in [1.29, 1.82) is 0 Å². The molecule has 0 fully saturated rings. The number of nitrogens with zero attached hydrogens (tertiary/aromatic N) is 1. The van der Waals surface area contributed by atoms with Crippen LogP contribution >= 0.6 is 15.9 Å². The van der Waals surface area contributed by atoms with E-state index in [1.807, 2.05) is 0 Å². The summed E-state index contributed by atoms with van der Waals surface area (Å²) in [4.78, 5) is 15.4. The maximum atomic E-state index is 11.5. The highest BCUT2D eigenvalue weighted by Gasteiger charge is 2.10. The van der Waals surface area contributed by atoms with E-state index in [2.05, 4.69) is 26.2 Å². The second kappa shape index (κ2) is 5.07. The molecule has 0 saturated carbocycles. The van der Waals surface area contributed by atoms with Crippen LogP contribution in [0.5, 0.6) is 0 Å². The second-order valence-corrected chi connectivity index (χ2v) is 3.75. The highest BCUT2D eigenvalue weighted by Crippen LogP contribution is 2.12. The molecule has 0 bridgehead atoms. The number of aliphatic hydroxyl groups is 1. The molecular formula is C9H11BrN2O2. The van der Waals surface area contributed by atoms with Crippen molar-refractivity contribution < 1.29 is 9.90 Å². The molecule has 0 radical (unpaired) electrons. The zero-order valence-electron chi connectivity index (χ0n) is 7.70. The van der Waals surface area contributed by atoms with E-state index in [0.717, 1.165) is 0 Å². The van der Waals surface area contributed by atoms with Crippen molar-refractivity contribution >= 4 is 21.8 Å². The average Bonchev–Trinajstić information content (AvgIpc) is 2.15. The van der Waals surface area contributed by atoms with Crippen LogP contribution in [0, 0.1) is 0 Å². The number of aliphatic hydroxyl groups excluding tert-OH is 1. The van der Waals surface area contributed by atoms with Gasteiger partial charge < -0.3 is 10.4 Å². The van der Waals surface area contributed by atoms with Crippen LogP contribution in [-0.2, 0) is 0 Å². The van der Waals surface area contributed by atoms with E-state index in [4.69, 9.17) is 5.11 Å². The molecule has 14 heavy (non-hydrogen) atoms. The van der Waals surface area contributed by atoms with Gasteiger partial charge in [0.1, 0.15) is 5.69 Å². The van der Waals surface area contributed by atoms with Crippen molar-refractivity contribution in [3.8, 4) is 0 Å². The quantitative estimate of drug-likeness (QED) is 0.849. The lowest BCUT2D eigenvalue weighted by Gasteiger charge is -2.07. The normalized spacial score (nSPS) is 12.2. The molecule has 5 heteroatoms. The smallest absolute Gasteiger partial charge is 0.271 e. The topological polar surface area (TPSA) is 62.2 Å². The minimum atomic E-state index is -0.554. The third kappa shape index (κ3) is 3.08. The van der Waals surface area contributed by atoms with Gasteiger partial charge in [-0.3, -0.25) is 4.79 Å². The molecule has 1 heterocycles. The Labute approximate surface area is 90.5 Å². The number of nitrogens with one attached hydrogen (secondary N) is 1. The van der Waals surface area contributed by atoms with Gasteiger partial charge in [-0.15, -0.1) is 0 Å². The molecule has 0 unspecified atom stereocenters. The maximum absolute atomic E-state index is 11.5. The average molecular weight is 259 g/mol. The molecule has 0 saturated heterocycles. The number of pyridine rings is 1. The number of amides is 1. The summed E-state index contributed by atoms with van der Waals surface area (Å²) >= 11 is 3.22. The third-order valence-electron chi connectivity index (χ3n) is 1.53. The van der Waals surface area contributed by atoms with Crippen molar-refractivity contribution in [3.05, 3.63) is 28.5 Å². The Morgan fingerprint density at radius 1 is 1.79 bits per heavy atom. The van der Waals surface area contributed by atoms with Crippen molar-refractivity contribution in [2.75, 3.05) is 6.54 Å². The lowest BCUT2D eigenvalue weighted by molar-refractivity contribution is 0.0918. The summed E-state index contributed by atoms with van der Waals surface area (Å²) in [6, 6.07) is 3.47. The van der Waals surface area contributed by atoms with Crippen molar-refractivity contribution in [2.45, 2.75) is 13.0 Å². The van der Waals surface area contributed by atoms with E-state index in [0.29, 0.717) is 10.2 Å². The molecule has 4 nitrogen and oxygen atoms in total. The van der Waals surface area contributed by atoms with Gasteiger partial charge in [0.05, 0.1) is 6.10 Å². The Morgan fingerprint density at radius 2 is 2.50 bits per heavy atom. The van der Waals surface area contributed by atoms with Gasteiger partial charge >= 0.3 is 0 Å². The first-order valence-electron chi connectivity index (χ1n) is 4.18. The van der Waals surface area contributed by atoms with Gasteiger partial charge in [-0.2, -0.15) is 0 Å². The molecule has 1 rings (SSSR count). The van der Waals surface area contributed by atoms with Crippen LogP contribution in [0.3, 0.4) is 0 Å². The zero-order chi connectivity index (χ0) is 10.6. The van der Waals surface area contributed by atoms with Gasteiger partial charge in [-0.05, 0) is 35.0 Å². The summed E-state index contributed by atoms with van der Waals surface area (Å²) in [5, 5.41) is 11.5. The fraction of sp³-hybridized carbons (Fsp3) is 0.333. The van der Waals surface area contributed by atoms with Crippen LogP contribution in [-0.4, -0.2) is 28.6 Å². The molecule has 0 aliphatic rings. The largest absolute Gasteiger partial charge is 0.392 e. The van der Waals surface area contributed by atoms with E-state index >= 15 is 0 Å². The summed E-state index contributed by atoms with van der Waals surface area (Å²) in [5.41, 5.74) is 0.327. The van der Waals surface area contributed by atoms with Crippen LogP contribution in [0.2, 0.25) is 0 Å². The lowest BCUT2D eigenvalue weighted by Crippen LogP contribution is -2.31. The number of aromatic nitrogens is 1. The van der Waals surface area contributed by atoms with Gasteiger partial charge in [-0.25, -0.2) is 4.98 Å². The van der Waals surface area contributed by atoms with Gasteiger partial charge in [0.2, 0.25) is 0 Å². The highest BCUT2D eigenvalue weighted by atomic mass is 79.9. The highest BCUT2D eigenvalue weighted by molar-refractivity contribution is 9.10. The monoisotopic (exact) mass is 258 g/mol. The van der Waals surface area contributed by atoms with E-state index < -0.39 is 6.10 Å². The van der Waals surface area contributed by atoms with Gasteiger partial charge in [0.25, 0.3) is 5.91 Å². The van der Waals surface area contributed by atoms with Crippen molar-refractivity contribution in [3.63, 3.8) is 0 Å². The number of carbonyl (C=O) groups is 1. The molecule has 0 aromatic carbocycles. The number of carbonyl (C=O) groups excluding carboxylic acids is 1. The Morgan fingerprint density at radius 3 is 3.07 bits per heavy atom. The van der Waals surface area contributed by atoms with E-state index in [1.165, 1.54) is 0 Å². The second-order valence-electron chi connectivity index (χ2n) is 2.89. The predicted octanol–water partition coefficient (Wildman–Crippen LogP) is 0.955. The Hall–Kier alpha value is -0.940. The lowest BCUT2D eigenvalue weighted by atomic mass is 10.3. The summed E-state index contributed by atoms with van der Waals surface area (Å²) in [7, 11) is 0. The van der Waals surface area contributed by atoms with Crippen molar-refractivity contribution in [2.24, 2.45) is 0 Å². The Bertz CT molecular complexity index is 328. The first kappa shape index (κ1) is 11.1. The number of hydrogen-bond acceptors (Lipinski definition) is 3. The summed E-state index contributed by atoms with van der Waals surface area (Å²) in [5.74, 6) is -0.293. The molecule has 1 aromatic rings. The standard InChI is InChI=1S/C9H11BrN2O2/c1-6(13)5-12-9(14)8-7(10)3-2-4-11-8/h2-4,6,13H,5H2,1H3,(H,12,14)/t6-/m1/s1. The molecule has 1 atom stereocenters. The van der Waals surface area contributed by atoms with E-state index in [1.54, 1.807) is 25.3 Å². The van der Waals surface area contributed by atoms with Crippen LogP contribution < -0.4 is 5.32 Å². The van der Waals surface area contributed by atoms with Gasteiger partial charge in [0.15, 0.2) is 0 Å². The van der Waals surface area contributed by atoms with Gasteiger partial charge in [0, 0.05) is 17.2 Å². The molecular weight excluding hydrogens is 248 g/mol. The zero-order valence-corrected chi connectivity index (χ0v) is 9.28. The molecule has 0 aliphatic heterocycles. The predicted molar refractivity (Wildman–Crippen MR) is 56.0 cm³/mol. The SMILES string of the molecule is C[C@@H](O)CNC(=O)c1ncccc1Br. The Balaban J connectivity index is 2.65. The molecule has 2 N–H and O–H groups in total. The molecule has 1 amide bonds. The third-order valence-corrected chi connectivity index (χ3v) is 2.17. The minimum Gasteiger partial charge on any atom is -0.392 e. The van der Waals surface area contributed by atoms with Crippen LogP contribution in [0.25, 0.3) is 0 Å². The Kier molecular flexibility index (Phi) is 4.03. The molecule has 0 aliphatic carbocycles. The molecule has 1 aromatic heterocycles. The first-order chi connectivity index (χ1) is 6.61. The number of hydrogen-bond donors (Lipinski definition) is 2. The number of rotatable bonds is 3. The summed E-state index contributed by atoms with van der Waals surface area (Å²) in [6.07, 6.45) is 0.989. The molecule has 0 spiro atoms. The van der Waals surface area contributed by atoms with Crippen LogP contribution in [0.15, 0.2) is 22.8 Å². The first-order valence-corrected chi connectivity index (χ1v) is 4.97. The number of halogens is 1. The van der Waals surface area contributed by atoms with Crippen molar-refractivity contribution in [1.82, 2.24) is 10.3 Å². The van der Waals surface area contributed by atoms with E-state index in [9.17, 15) is 4.79 Å². The van der Waals surface area contributed by atoms with E-state index in [-0.39, 0.29) is 12.5 Å². The maximum Gasteiger partial charge on any atom is 0.271 e. The van der Waals surface area contributed by atoms with Gasteiger partial charge in [-0.1, -0.05) is 0 Å².